The van der Waals surface area contributed by atoms with E-state index in [4.69, 9.17) is 0 Å². The van der Waals surface area contributed by atoms with E-state index in [1.54, 1.807) is 13.2 Å². The lowest BCUT2D eigenvalue weighted by atomic mass is 10.1. The molecule has 7 nitrogen and oxygen atoms in total. The molecule has 0 bridgehead atoms. The Labute approximate surface area is 182 Å². The van der Waals surface area contributed by atoms with Gasteiger partial charge in [-0.05, 0) is 22.8 Å². The van der Waals surface area contributed by atoms with Crippen LogP contribution in [-0.2, 0) is 26.2 Å². The van der Waals surface area contributed by atoms with E-state index in [1.165, 1.54) is 16.7 Å². The second kappa shape index (κ2) is 10.2. The first-order chi connectivity index (χ1) is 15.3. The molecule has 2 N–H and O–H groups in total. The summed E-state index contributed by atoms with van der Waals surface area (Å²) >= 11 is 0. The molecule has 2 aromatic carbocycles. The first kappa shape index (κ1) is 20.4. The van der Waals surface area contributed by atoms with Crippen molar-refractivity contribution in [1.82, 2.24) is 30.2 Å². The van der Waals surface area contributed by atoms with Gasteiger partial charge in [0.2, 0.25) is 0 Å². The van der Waals surface area contributed by atoms with Crippen LogP contribution >= 0.6 is 0 Å². The van der Waals surface area contributed by atoms with Crippen molar-refractivity contribution < 1.29 is 0 Å². The van der Waals surface area contributed by atoms with Crippen LogP contribution in [0.1, 0.15) is 22.3 Å². The van der Waals surface area contributed by atoms with Gasteiger partial charge in [-0.1, -0.05) is 54.6 Å². The Bertz CT molecular complexity index is 1100. The number of guanidine groups is 1. The molecule has 2 aromatic heterocycles. The van der Waals surface area contributed by atoms with Crippen molar-refractivity contribution in [3.8, 4) is 0 Å². The minimum absolute atomic E-state index is 0.656. The van der Waals surface area contributed by atoms with Gasteiger partial charge in [0.1, 0.15) is 0 Å². The van der Waals surface area contributed by atoms with Crippen LogP contribution in [0.5, 0.6) is 0 Å². The molecule has 0 saturated carbocycles. The molecule has 0 amide bonds. The fraction of sp³-hybridized carbons (Fsp3) is 0.208. The Kier molecular flexibility index (Phi) is 6.74. The number of aliphatic imine (C=N–C) groups is 1. The molecular formula is C24H27N7. The zero-order chi connectivity index (χ0) is 21.3. The van der Waals surface area contributed by atoms with Crippen LogP contribution in [-0.4, -0.2) is 32.6 Å². The molecule has 158 valence electrons. The molecule has 2 heterocycles. The van der Waals surface area contributed by atoms with Gasteiger partial charge in [0.05, 0.1) is 19.3 Å². The highest BCUT2D eigenvalue weighted by atomic mass is 15.3. The maximum Gasteiger partial charge on any atom is 0.191 e. The summed E-state index contributed by atoms with van der Waals surface area (Å²) < 4.78 is 3.88. The van der Waals surface area contributed by atoms with Crippen molar-refractivity contribution in [2.75, 3.05) is 7.05 Å². The van der Waals surface area contributed by atoms with E-state index in [2.05, 4.69) is 68.4 Å². The quantitative estimate of drug-likeness (QED) is 0.344. The molecule has 0 spiro atoms. The van der Waals surface area contributed by atoms with Gasteiger partial charge < -0.3 is 10.6 Å². The van der Waals surface area contributed by atoms with Crippen LogP contribution in [0.3, 0.4) is 0 Å². The molecule has 0 radical (unpaired) electrons. The molecule has 4 aromatic rings. The Hall–Kier alpha value is -3.87. The highest BCUT2D eigenvalue weighted by Gasteiger charge is 2.06. The smallest absolute Gasteiger partial charge is 0.191 e. The zero-order valence-corrected chi connectivity index (χ0v) is 17.6. The van der Waals surface area contributed by atoms with Gasteiger partial charge in [-0.25, -0.2) is 0 Å². The predicted molar refractivity (Wildman–Crippen MR) is 123 cm³/mol. The van der Waals surface area contributed by atoms with Crippen molar-refractivity contribution >= 4 is 5.96 Å². The Morgan fingerprint density at radius 1 is 0.806 bits per heavy atom. The molecule has 31 heavy (non-hydrogen) atoms. The number of rotatable bonds is 8. The average molecular weight is 414 g/mol. The maximum absolute atomic E-state index is 4.46. The SMILES string of the molecule is CN=C(NCc1cnn(Cc2ccccc2)c1)NCc1ccccc1Cn1cccn1. The minimum atomic E-state index is 0.656. The zero-order valence-electron chi connectivity index (χ0n) is 17.6. The van der Waals surface area contributed by atoms with Crippen molar-refractivity contribution in [1.29, 1.82) is 0 Å². The van der Waals surface area contributed by atoms with Gasteiger partial charge in [0, 0.05) is 44.3 Å². The first-order valence-electron chi connectivity index (χ1n) is 10.3. The monoisotopic (exact) mass is 413 g/mol. The van der Waals surface area contributed by atoms with Gasteiger partial charge in [-0.2, -0.15) is 10.2 Å². The number of nitrogens with zero attached hydrogens (tertiary/aromatic N) is 5. The van der Waals surface area contributed by atoms with E-state index in [0.29, 0.717) is 13.1 Å². The maximum atomic E-state index is 4.46. The summed E-state index contributed by atoms with van der Waals surface area (Å²) in [5.74, 6) is 0.754. The van der Waals surface area contributed by atoms with E-state index >= 15 is 0 Å². The van der Waals surface area contributed by atoms with Crippen molar-refractivity contribution in [3.05, 3.63) is 108 Å². The number of hydrogen-bond acceptors (Lipinski definition) is 3. The Balaban J connectivity index is 1.30. The van der Waals surface area contributed by atoms with E-state index < -0.39 is 0 Å². The van der Waals surface area contributed by atoms with Gasteiger partial charge in [-0.15, -0.1) is 0 Å². The van der Waals surface area contributed by atoms with Gasteiger partial charge >= 0.3 is 0 Å². The van der Waals surface area contributed by atoms with Crippen LogP contribution in [0.4, 0.5) is 0 Å². The second-order valence-corrected chi connectivity index (χ2v) is 7.28. The molecule has 0 aliphatic carbocycles. The lowest BCUT2D eigenvalue weighted by molar-refractivity contribution is 0.677. The van der Waals surface area contributed by atoms with Crippen LogP contribution in [0, 0.1) is 0 Å². The van der Waals surface area contributed by atoms with Crippen molar-refractivity contribution in [2.45, 2.75) is 26.2 Å². The van der Waals surface area contributed by atoms with E-state index in [-0.39, 0.29) is 0 Å². The average Bonchev–Trinajstić information content (AvgIpc) is 3.48. The van der Waals surface area contributed by atoms with Crippen molar-refractivity contribution in [3.63, 3.8) is 0 Å². The van der Waals surface area contributed by atoms with E-state index in [1.807, 2.05) is 46.0 Å². The molecule has 0 aliphatic rings. The van der Waals surface area contributed by atoms with Gasteiger partial charge in [0.25, 0.3) is 0 Å². The number of nitrogens with one attached hydrogen (secondary N) is 2. The summed E-state index contributed by atoms with van der Waals surface area (Å²) in [7, 11) is 1.78. The molecule has 7 heteroatoms. The second-order valence-electron chi connectivity index (χ2n) is 7.28. The molecule has 0 unspecified atom stereocenters. The normalized spacial score (nSPS) is 11.5. The van der Waals surface area contributed by atoms with E-state index in [0.717, 1.165) is 24.6 Å². The third-order valence-corrected chi connectivity index (χ3v) is 5.01. The number of benzene rings is 2. The number of aromatic nitrogens is 4. The molecular weight excluding hydrogens is 386 g/mol. The van der Waals surface area contributed by atoms with Crippen LogP contribution in [0.25, 0.3) is 0 Å². The fourth-order valence-corrected chi connectivity index (χ4v) is 3.39. The van der Waals surface area contributed by atoms with Crippen LogP contribution < -0.4 is 10.6 Å². The minimum Gasteiger partial charge on any atom is -0.352 e. The molecule has 0 fully saturated rings. The van der Waals surface area contributed by atoms with Gasteiger partial charge in [-0.3, -0.25) is 14.4 Å². The standard InChI is InChI=1S/C24H27N7/c1-25-24(26-14-21-15-29-31(18-21)17-20-8-3-2-4-9-20)27-16-22-10-5-6-11-23(22)19-30-13-7-12-28-30/h2-13,15,18H,14,16-17,19H2,1H3,(H2,25,26,27). The summed E-state index contributed by atoms with van der Waals surface area (Å²) in [6.45, 7) is 2.85. The molecule has 4 rings (SSSR count). The molecule has 0 aliphatic heterocycles. The first-order valence-corrected chi connectivity index (χ1v) is 10.3. The third kappa shape index (κ3) is 5.82. The molecule has 0 saturated heterocycles. The van der Waals surface area contributed by atoms with Gasteiger partial charge in [0.15, 0.2) is 5.96 Å². The lowest BCUT2D eigenvalue weighted by Crippen LogP contribution is -2.36. The Morgan fingerprint density at radius 3 is 2.35 bits per heavy atom. The van der Waals surface area contributed by atoms with E-state index in [9.17, 15) is 0 Å². The largest absolute Gasteiger partial charge is 0.352 e. The van der Waals surface area contributed by atoms with Crippen LogP contribution in [0.2, 0.25) is 0 Å². The summed E-state index contributed by atoms with van der Waals surface area (Å²) in [4.78, 5) is 4.35. The summed E-state index contributed by atoms with van der Waals surface area (Å²) in [6.07, 6.45) is 7.73. The summed E-state index contributed by atoms with van der Waals surface area (Å²) in [6, 6.07) is 20.6. The molecule has 0 atom stereocenters. The topological polar surface area (TPSA) is 72.1 Å². The lowest BCUT2D eigenvalue weighted by Gasteiger charge is -2.14. The highest BCUT2D eigenvalue weighted by Crippen LogP contribution is 2.10. The third-order valence-electron chi connectivity index (χ3n) is 5.01. The number of hydrogen-bond donors (Lipinski definition) is 2. The highest BCUT2D eigenvalue weighted by molar-refractivity contribution is 5.79. The van der Waals surface area contributed by atoms with Crippen LogP contribution in [0.15, 0.2) is 90.4 Å². The summed E-state index contributed by atoms with van der Waals surface area (Å²) in [5.41, 5.74) is 4.79. The summed E-state index contributed by atoms with van der Waals surface area (Å²) in [5, 5.41) is 15.5. The van der Waals surface area contributed by atoms with Crippen molar-refractivity contribution in [2.24, 2.45) is 4.99 Å². The Morgan fingerprint density at radius 2 is 1.58 bits per heavy atom. The predicted octanol–water partition coefficient (Wildman–Crippen LogP) is 3.04. The fourth-order valence-electron chi connectivity index (χ4n) is 3.39.